The van der Waals surface area contributed by atoms with Gasteiger partial charge in [0.1, 0.15) is 11.5 Å². The topological polar surface area (TPSA) is 95.6 Å². The first-order chi connectivity index (χ1) is 8.33. The second-order valence-corrected chi connectivity index (χ2v) is 4.90. The zero-order valence-electron chi connectivity index (χ0n) is 9.48. The lowest BCUT2D eigenvalue weighted by Gasteiger charge is -2.27. The maximum absolute atomic E-state index is 13.4. The molecule has 0 aliphatic rings. The van der Waals surface area contributed by atoms with E-state index in [9.17, 15) is 14.5 Å². The van der Waals surface area contributed by atoms with Crippen LogP contribution in [0.5, 0.6) is 0 Å². The van der Waals surface area contributed by atoms with Gasteiger partial charge in [0.25, 0.3) is 5.69 Å². The van der Waals surface area contributed by atoms with Crippen molar-refractivity contribution in [3.8, 4) is 0 Å². The van der Waals surface area contributed by atoms with Crippen LogP contribution < -0.4 is 5.32 Å². The molecule has 0 atom stereocenters. The van der Waals surface area contributed by atoms with E-state index in [4.69, 9.17) is 10.2 Å². The molecule has 0 amide bonds. The van der Waals surface area contributed by atoms with Gasteiger partial charge in [0, 0.05) is 12.1 Å². The number of hydrogen-bond donors (Lipinski definition) is 3. The zero-order chi connectivity index (χ0) is 13.9. The van der Waals surface area contributed by atoms with Crippen molar-refractivity contribution in [3.05, 3.63) is 32.5 Å². The molecule has 0 aliphatic carbocycles. The Kier molecular flexibility index (Phi) is 4.60. The molecule has 100 valence electrons. The molecule has 6 nitrogen and oxygen atoms in total. The number of anilines is 1. The Morgan fingerprint density at radius 3 is 2.50 bits per heavy atom. The van der Waals surface area contributed by atoms with E-state index in [0.717, 1.165) is 12.1 Å². The number of aliphatic hydroxyl groups is 2. The van der Waals surface area contributed by atoms with E-state index >= 15 is 0 Å². The number of aliphatic hydroxyl groups excluding tert-OH is 2. The minimum atomic E-state index is -1.18. The fourth-order valence-corrected chi connectivity index (χ4v) is 1.57. The molecule has 0 unspecified atom stereocenters. The van der Waals surface area contributed by atoms with Gasteiger partial charge in [-0.1, -0.05) is 0 Å². The summed E-state index contributed by atoms with van der Waals surface area (Å²) in [6.07, 6.45) is 0. The molecule has 0 saturated carbocycles. The molecule has 0 aliphatic heterocycles. The molecule has 0 radical (unpaired) electrons. The minimum absolute atomic E-state index is 0.0329. The van der Waals surface area contributed by atoms with Gasteiger partial charge in [-0.2, -0.15) is 0 Å². The van der Waals surface area contributed by atoms with Crippen LogP contribution in [0.3, 0.4) is 0 Å². The van der Waals surface area contributed by atoms with E-state index in [1.807, 2.05) is 0 Å². The van der Waals surface area contributed by atoms with Crippen LogP contribution in [0.4, 0.5) is 15.8 Å². The number of nitro benzene ring substituents is 1. The van der Waals surface area contributed by atoms with Crippen LogP contribution in [0.2, 0.25) is 0 Å². The number of hydrogen-bond acceptors (Lipinski definition) is 5. The van der Waals surface area contributed by atoms with Crippen molar-refractivity contribution in [2.45, 2.75) is 12.5 Å². The number of benzene rings is 1. The van der Waals surface area contributed by atoms with Crippen molar-refractivity contribution in [2.24, 2.45) is 0 Å². The van der Waals surface area contributed by atoms with E-state index in [-0.39, 0.29) is 15.8 Å². The average molecular weight is 323 g/mol. The Hall–Kier alpha value is -1.25. The highest BCUT2D eigenvalue weighted by molar-refractivity contribution is 9.10. The van der Waals surface area contributed by atoms with Crippen LogP contribution in [-0.2, 0) is 0 Å². The van der Waals surface area contributed by atoms with Gasteiger partial charge in [-0.3, -0.25) is 10.1 Å². The molecule has 1 aromatic carbocycles. The molecule has 0 saturated heterocycles. The monoisotopic (exact) mass is 322 g/mol. The summed E-state index contributed by atoms with van der Waals surface area (Å²) in [7, 11) is 0. The quantitative estimate of drug-likeness (QED) is 0.566. The summed E-state index contributed by atoms with van der Waals surface area (Å²) in [5, 5.41) is 31.6. The van der Waals surface area contributed by atoms with Crippen molar-refractivity contribution in [3.63, 3.8) is 0 Å². The third-order valence-electron chi connectivity index (χ3n) is 2.37. The standard InChI is InChI=1S/C10H12BrFN2O4/c1-10(4-15,5-16)13-8-3-7(12)6(11)2-9(8)14(17)18/h2-3,13,15-16H,4-5H2,1H3. The maximum atomic E-state index is 13.4. The molecule has 8 heteroatoms. The molecule has 0 spiro atoms. The van der Waals surface area contributed by atoms with Gasteiger partial charge < -0.3 is 15.5 Å². The van der Waals surface area contributed by atoms with Crippen molar-refractivity contribution in [1.82, 2.24) is 0 Å². The van der Waals surface area contributed by atoms with Gasteiger partial charge >= 0.3 is 0 Å². The highest BCUT2D eigenvalue weighted by Crippen LogP contribution is 2.32. The lowest BCUT2D eigenvalue weighted by molar-refractivity contribution is -0.384. The summed E-state index contributed by atoms with van der Waals surface area (Å²) in [5.41, 5.74) is -1.63. The van der Waals surface area contributed by atoms with Crippen molar-refractivity contribution in [2.75, 3.05) is 18.5 Å². The molecule has 18 heavy (non-hydrogen) atoms. The van der Waals surface area contributed by atoms with E-state index in [2.05, 4.69) is 21.2 Å². The zero-order valence-corrected chi connectivity index (χ0v) is 11.1. The van der Waals surface area contributed by atoms with Crippen molar-refractivity contribution < 1.29 is 19.5 Å². The molecule has 0 bridgehead atoms. The second kappa shape index (κ2) is 5.59. The third-order valence-corrected chi connectivity index (χ3v) is 2.98. The van der Waals surface area contributed by atoms with Gasteiger partial charge in [0.15, 0.2) is 0 Å². The summed E-state index contributed by atoms with van der Waals surface area (Å²) in [6, 6.07) is 1.96. The molecule has 0 fully saturated rings. The van der Waals surface area contributed by atoms with Crippen LogP contribution in [0.15, 0.2) is 16.6 Å². The van der Waals surface area contributed by atoms with Gasteiger partial charge in [0.05, 0.1) is 28.1 Å². The fourth-order valence-electron chi connectivity index (χ4n) is 1.24. The second-order valence-electron chi connectivity index (χ2n) is 4.04. The van der Waals surface area contributed by atoms with Gasteiger partial charge in [0.2, 0.25) is 0 Å². The normalized spacial score (nSPS) is 11.4. The predicted octanol–water partition coefficient (Wildman–Crippen LogP) is 1.65. The van der Waals surface area contributed by atoms with Crippen LogP contribution in [0.25, 0.3) is 0 Å². The van der Waals surface area contributed by atoms with Crippen molar-refractivity contribution >= 4 is 27.3 Å². The molecule has 3 N–H and O–H groups in total. The lowest BCUT2D eigenvalue weighted by Crippen LogP contribution is -2.42. The Morgan fingerprint density at radius 1 is 1.50 bits per heavy atom. The van der Waals surface area contributed by atoms with Gasteiger partial charge in [-0.25, -0.2) is 4.39 Å². The van der Waals surface area contributed by atoms with E-state index in [0.29, 0.717) is 0 Å². The van der Waals surface area contributed by atoms with E-state index in [1.54, 1.807) is 0 Å². The first kappa shape index (κ1) is 14.8. The molecule has 1 rings (SSSR count). The van der Waals surface area contributed by atoms with Gasteiger partial charge in [-0.15, -0.1) is 0 Å². The van der Waals surface area contributed by atoms with Crippen LogP contribution in [0, 0.1) is 15.9 Å². The summed E-state index contributed by atoms with van der Waals surface area (Å²) >= 11 is 2.86. The highest BCUT2D eigenvalue weighted by atomic mass is 79.9. The Balaban J connectivity index is 3.22. The molecule has 0 aromatic heterocycles. The van der Waals surface area contributed by atoms with E-state index in [1.165, 1.54) is 6.92 Å². The minimum Gasteiger partial charge on any atom is -0.394 e. The molecular formula is C10H12BrFN2O4. The van der Waals surface area contributed by atoms with Crippen LogP contribution in [-0.4, -0.2) is 33.9 Å². The smallest absolute Gasteiger partial charge is 0.293 e. The fraction of sp³-hybridized carbons (Fsp3) is 0.400. The number of nitrogens with zero attached hydrogens (tertiary/aromatic N) is 1. The Morgan fingerprint density at radius 2 is 2.06 bits per heavy atom. The average Bonchev–Trinajstić information content (AvgIpc) is 2.33. The summed E-state index contributed by atoms with van der Waals surface area (Å²) < 4.78 is 13.3. The summed E-state index contributed by atoms with van der Waals surface area (Å²) in [4.78, 5) is 10.2. The summed E-state index contributed by atoms with van der Waals surface area (Å²) in [6.45, 7) is 0.535. The Bertz CT molecular complexity index is 465. The SMILES string of the molecule is CC(CO)(CO)Nc1cc(F)c(Br)cc1[N+](=O)[O-]. The number of halogens is 2. The molecular weight excluding hydrogens is 311 g/mol. The van der Waals surface area contributed by atoms with E-state index < -0.39 is 29.5 Å². The number of rotatable bonds is 5. The largest absolute Gasteiger partial charge is 0.394 e. The number of nitrogens with one attached hydrogen (secondary N) is 1. The first-order valence-electron chi connectivity index (χ1n) is 4.96. The summed E-state index contributed by atoms with van der Waals surface area (Å²) in [5.74, 6) is -0.679. The van der Waals surface area contributed by atoms with Crippen LogP contribution >= 0.6 is 15.9 Å². The third kappa shape index (κ3) is 3.15. The maximum Gasteiger partial charge on any atom is 0.293 e. The van der Waals surface area contributed by atoms with Crippen molar-refractivity contribution in [1.29, 1.82) is 0 Å². The lowest BCUT2D eigenvalue weighted by atomic mass is 10.0. The molecule has 0 heterocycles. The Labute approximate surface area is 111 Å². The van der Waals surface area contributed by atoms with Gasteiger partial charge in [-0.05, 0) is 22.9 Å². The predicted molar refractivity (Wildman–Crippen MR) is 67.0 cm³/mol. The number of nitro groups is 1. The van der Waals surface area contributed by atoms with Crippen LogP contribution in [0.1, 0.15) is 6.92 Å². The molecule has 1 aromatic rings. The highest BCUT2D eigenvalue weighted by Gasteiger charge is 2.27. The first-order valence-corrected chi connectivity index (χ1v) is 5.75.